The van der Waals surface area contributed by atoms with Crippen molar-refractivity contribution in [3.63, 3.8) is 0 Å². The molecule has 5 aromatic rings. The zero-order valence-electron chi connectivity index (χ0n) is 20.4. The average molecular weight is 500 g/mol. The van der Waals surface area contributed by atoms with Crippen molar-refractivity contribution in [3.8, 4) is 34.4 Å². The Balaban J connectivity index is 1.56. The Morgan fingerprint density at radius 1 is 0.974 bits per heavy atom. The van der Waals surface area contributed by atoms with Gasteiger partial charge in [0.25, 0.3) is 0 Å². The number of imidazole rings is 1. The van der Waals surface area contributed by atoms with Crippen LogP contribution in [0.25, 0.3) is 39.5 Å². The van der Waals surface area contributed by atoms with E-state index in [2.05, 4.69) is 10.3 Å². The fourth-order valence-corrected chi connectivity index (χ4v) is 4.08. The summed E-state index contributed by atoms with van der Waals surface area (Å²) in [5.74, 6) is 1.04. The number of aromatic nitrogens is 4. The van der Waals surface area contributed by atoms with Crippen molar-refractivity contribution in [3.05, 3.63) is 114 Å². The molecule has 3 heterocycles. The molecule has 0 unspecified atom stereocenters. The summed E-state index contributed by atoms with van der Waals surface area (Å²) in [7, 11) is 0. The molecule has 0 aliphatic heterocycles. The van der Waals surface area contributed by atoms with E-state index in [0.717, 1.165) is 33.6 Å². The minimum absolute atomic E-state index is 0.0705. The number of benzene rings is 2. The first-order chi connectivity index (χ1) is 18.6. The van der Waals surface area contributed by atoms with E-state index in [1.807, 2.05) is 89.5 Å². The van der Waals surface area contributed by atoms with Crippen LogP contribution in [0.4, 0.5) is 5.82 Å². The molecule has 0 radical (unpaired) electrons. The average Bonchev–Trinajstić information content (AvgIpc) is 3.34. The predicted octanol–water partition coefficient (Wildman–Crippen LogP) is 3.99. The van der Waals surface area contributed by atoms with Gasteiger partial charge in [-0.15, -0.1) is 0 Å². The summed E-state index contributed by atoms with van der Waals surface area (Å²) in [6, 6.07) is 27.6. The fraction of sp³-hybridized carbons (Fsp3) is 0.0345. The molecule has 3 aromatic heterocycles. The van der Waals surface area contributed by atoms with Crippen LogP contribution in [0.5, 0.6) is 0 Å². The van der Waals surface area contributed by atoms with Gasteiger partial charge in [-0.2, -0.15) is 5.26 Å². The maximum atomic E-state index is 8.90. The van der Waals surface area contributed by atoms with Crippen molar-refractivity contribution < 1.29 is 0 Å². The topological polar surface area (TPSA) is 157 Å². The van der Waals surface area contributed by atoms with Crippen LogP contribution >= 0.6 is 0 Å². The second kappa shape index (κ2) is 10.6. The number of nitrogens with zero attached hydrogens (tertiary/aromatic N) is 5. The summed E-state index contributed by atoms with van der Waals surface area (Å²) < 4.78 is 1.99. The third kappa shape index (κ3) is 4.87. The molecular formula is C29H25N9. The van der Waals surface area contributed by atoms with Crippen LogP contribution in [0.1, 0.15) is 5.56 Å². The lowest BCUT2D eigenvalue weighted by Crippen LogP contribution is -2.14. The third-order valence-electron chi connectivity index (χ3n) is 5.96. The number of hydrogen-bond acceptors (Lipinski definition) is 8. The van der Waals surface area contributed by atoms with Gasteiger partial charge in [0.15, 0.2) is 11.5 Å². The van der Waals surface area contributed by atoms with Crippen LogP contribution in [0.3, 0.4) is 0 Å². The van der Waals surface area contributed by atoms with E-state index in [1.165, 1.54) is 12.3 Å². The zero-order valence-corrected chi connectivity index (χ0v) is 20.4. The number of nitrogens with two attached hydrogens (primary N) is 3. The van der Waals surface area contributed by atoms with Crippen LogP contribution in [-0.2, 0) is 6.54 Å². The van der Waals surface area contributed by atoms with E-state index in [0.29, 0.717) is 29.5 Å². The van der Waals surface area contributed by atoms with Crippen LogP contribution in [-0.4, -0.2) is 19.5 Å². The molecule has 0 saturated carbocycles. The van der Waals surface area contributed by atoms with Crippen LogP contribution in [0, 0.1) is 11.3 Å². The van der Waals surface area contributed by atoms with Gasteiger partial charge in [0.2, 0.25) is 0 Å². The smallest absolute Gasteiger partial charge is 0.165 e. The van der Waals surface area contributed by atoms with Gasteiger partial charge in [0, 0.05) is 30.2 Å². The molecule has 0 aliphatic rings. The number of nitrogens with one attached hydrogen (secondary N) is 1. The number of nitrogen functional groups attached to an aromatic ring is 1. The molecule has 0 atom stereocenters. The maximum absolute atomic E-state index is 8.90. The highest BCUT2D eigenvalue weighted by Crippen LogP contribution is 2.31. The Morgan fingerprint density at radius 2 is 1.76 bits per heavy atom. The number of fused-ring (bicyclic) bond motifs is 1. The summed E-state index contributed by atoms with van der Waals surface area (Å²) in [5, 5.41) is 12.1. The summed E-state index contributed by atoms with van der Waals surface area (Å²) in [4.78, 5) is 14.1. The summed E-state index contributed by atoms with van der Waals surface area (Å²) in [6.45, 7) is 0.488. The molecule has 0 fully saturated rings. The van der Waals surface area contributed by atoms with Gasteiger partial charge in [-0.1, -0.05) is 42.5 Å². The molecule has 186 valence electrons. The number of anilines is 1. The molecule has 5 rings (SSSR count). The third-order valence-corrected chi connectivity index (χ3v) is 5.96. The number of pyridine rings is 2. The monoisotopic (exact) mass is 499 g/mol. The lowest BCUT2D eigenvalue weighted by molar-refractivity contribution is 0.828. The highest BCUT2D eigenvalue weighted by Gasteiger charge is 2.18. The van der Waals surface area contributed by atoms with E-state index < -0.39 is 0 Å². The van der Waals surface area contributed by atoms with E-state index in [-0.39, 0.29) is 5.70 Å². The number of allylic oxidation sites excluding steroid dienone is 2. The van der Waals surface area contributed by atoms with E-state index in [9.17, 15) is 0 Å². The fourth-order valence-electron chi connectivity index (χ4n) is 4.08. The van der Waals surface area contributed by atoms with Gasteiger partial charge >= 0.3 is 0 Å². The number of hydrogen-bond donors (Lipinski definition) is 4. The van der Waals surface area contributed by atoms with Crippen LogP contribution in [0.2, 0.25) is 0 Å². The summed E-state index contributed by atoms with van der Waals surface area (Å²) in [5.41, 5.74) is 24.0. The summed E-state index contributed by atoms with van der Waals surface area (Å²) in [6.07, 6.45) is 4.52. The normalized spacial score (nSPS) is 11.9. The Hall–Kier alpha value is -5.62. The Bertz CT molecular complexity index is 1690. The molecule has 0 bridgehead atoms. The molecule has 0 spiro atoms. The number of nitriles is 1. The predicted molar refractivity (Wildman–Crippen MR) is 149 cm³/mol. The first-order valence-electron chi connectivity index (χ1n) is 11.9. The maximum Gasteiger partial charge on any atom is 0.165 e. The molecule has 38 heavy (non-hydrogen) atoms. The first-order valence-corrected chi connectivity index (χ1v) is 11.9. The van der Waals surface area contributed by atoms with Gasteiger partial charge < -0.3 is 22.5 Å². The van der Waals surface area contributed by atoms with Gasteiger partial charge in [0.1, 0.15) is 23.1 Å². The zero-order chi connectivity index (χ0) is 26.5. The standard InChI is InChI=1S/C29H25N9/c30-16-21(32)15-22(17-31)35-18-19-8-10-23(11-9-19)38-28(24-7-4-14-34-27(24)33)37-26-13-12-25(36-29(26)38)20-5-2-1-3-6-20/h1-15,17,35H,18,31-32H2,(H2,33,34)/b21-15-,22-17+. The molecule has 2 aromatic carbocycles. The highest BCUT2D eigenvalue weighted by molar-refractivity contribution is 5.84. The van der Waals surface area contributed by atoms with Gasteiger partial charge in [0.05, 0.1) is 17.0 Å². The van der Waals surface area contributed by atoms with E-state index in [4.69, 9.17) is 32.4 Å². The largest absolute Gasteiger partial charge is 0.403 e. The molecule has 0 aliphatic carbocycles. The van der Waals surface area contributed by atoms with E-state index >= 15 is 0 Å². The van der Waals surface area contributed by atoms with Gasteiger partial charge in [-0.05, 0) is 48.0 Å². The van der Waals surface area contributed by atoms with Gasteiger partial charge in [-0.3, -0.25) is 4.57 Å². The lowest BCUT2D eigenvalue weighted by Gasteiger charge is -2.12. The first kappa shape index (κ1) is 24.1. The van der Waals surface area contributed by atoms with Crippen molar-refractivity contribution >= 4 is 17.0 Å². The van der Waals surface area contributed by atoms with Crippen molar-refractivity contribution in [2.75, 3.05) is 5.73 Å². The van der Waals surface area contributed by atoms with Crippen molar-refractivity contribution in [1.82, 2.24) is 24.8 Å². The van der Waals surface area contributed by atoms with Crippen molar-refractivity contribution in [2.24, 2.45) is 11.5 Å². The SMILES string of the molecule is N#C/C(N)=C/C(=C\N)NCc1ccc(-n2c(-c3cccnc3N)nc3ccc(-c4ccccc4)nc32)cc1. The summed E-state index contributed by atoms with van der Waals surface area (Å²) >= 11 is 0. The Morgan fingerprint density at radius 3 is 2.47 bits per heavy atom. The molecule has 7 N–H and O–H groups in total. The molecule has 9 nitrogen and oxygen atoms in total. The lowest BCUT2D eigenvalue weighted by atomic mass is 10.1. The number of rotatable bonds is 7. The molecule has 9 heteroatoms. The van der Waals surface area contributed by atoms with Crippen LogP contribution in [0.15, 0.2) is 109 Å². The minimum atomic E-state index is 0.0705. The second-order valence-electron chi connectivity index (χ2n) is 8.47. The Labute approximate surface area is 219 Å². The quantitative estimate of drug-likeness (QED) is 0.193. The minimum Gasteiger partial charge on any atom is -0.403 e. The molecular weight excluding hydrogens is 474 g/mol. The van der Waals surface area contributed by atoms with Crippen LogP contribution < -0.4 is 22.5 Å². The molecule has 0 saturated heterocycles. The highest BCUT2D eigenvalue weighted by atomic mass is 15.1. The van der Waals surface area contributed by atoms with E-state index in [1.54, 1.807) is 6.20 Å². The second-order valence-corrected chi connectivity index (χ2v) is 8.47. The Kier molecular flexibility index (Phi) is 6.69. The van der Waals surface area contributed by atoms with Crippen molar-refractivity contribution in [1.29, 1.82) is 5.26 Å². The molecule has 0 amide bonds. The van der Waals surface area contributed by atoms with Gasteiger partial charge in [-0.25, -0.2) is 15.0 Å². The van der Waals surface area contributed by atoms with Crippen molar-refractivity contribution in [2.45, 2.75) is 6.54 Å².